The van der Waals surface area contributed by atoms with Gasteiger partial charge < -0.3 is 14.6 Å². The highest BCUT2D eigenvalue weighted by Gasteiger charge is 2.23. The number of furan rings is 1. The first-order chi connectivity index (χ1) is 11.2. The van der Waals surface area contributed by atoms with Crippen LogP contribution in [0.2, 0.25) is 0 Å². The highest BCUT2D eigenvalue weighted by atomic mass is 16.3. The van der Waals surface area contributed by atoms with E-state index in [2.05, 4.69) is 10.2 Å². The third kappa shape index (κ3) is 3.98. The number of anilines is 1. The maximum absolute atomic E-state index is 12.2. The van der Waals surface area contributed by atoms with Crippen molar-refractivity contribution in [2.75, 3.05) is 38.0 Å². The van der Waals surface area contributed by atoms with Crippen LogP contribution in [0.5, 0.6) is 0 Å². The minimum absolute atomic E-state index is 0.0212. The summed E-state index contributed by atoms with van der Waals surface area (Å²) in [6.07, 6.45) is 2.96. The summed E-state index contributed by atoms with van der Waals surface area (Å²) in [5, 5.41) is 2.87. The van der Waals surface area contributed by atoms with E-state index < -0.39 is 0 Å². The molecule has 2 amide bonds. The third-order valence-electron chi connectivity index (χ3n) is 3.85. The van der Waals surface area contributed by atoms with Crippen LogP contribution in [0.1, 0.15) is 10.4 Å². The summed E-state index contributed by atoms with van der Waals surface area (Å²) in [6.45, 7) is 2.94. The van der Waals surface area contributed by atoms with Crippen molar-refractivity contribution in [3.63, 3.8) is 0 Å². The number of piperazine rings is 1. The van der Waals surface area contributed by atoms with Crippen LogP contribution in [0, 0.1) is 0 Å². The highest BCUT2D eigenvalue weighted by Crippen LogP contribution is 2.10. The van der Waals surface area contributed by atoms with Crippen molar-refractivity contribution >= 4 is 17.5 Å². The maximum atomic E-state index is 12.2. The Morgan fingerprint density at radius 2 is 1.78 bits per heavy atom. The molecule has 2 heterocycles. The Morgan fingerprint density at radius 1 is 1.04 bits per heavy atom. The molecule has 120 valence electrons. The van der Waals surface area contributed by atoms with Crippen LogP contribution in [0.25, 0.3) is 0 Å². The van der Waals surface area contributed by atoms with Gasteiger partial charge in [0, 0.05) is 31.9 Å². The first kappa shape index (κ1) is 15.3. The lowest BCUT2D eigenvalue weighted by Crippen LogP contribution is -2.50. The summed E-state index contributed by atoms with van der Waals surface area (Å²) in [6, 6.07) is 11.1. The van der Waals surface area contributed by atoms with Gasteiger partial charge in [0.2, 0.25) is 5.91 Å². The number of hydrogen-bond donors (Lipinski definition) is 1. The van der Waals surface area contributed by atoms with Crippen LogP contribution in [-0.4, -0.2) is 54.3 Å². The average molecular weight is 313 g/mol. The standard InChI is InChI=1S/C17H19N3O3/c21-16(18-15-4-2-1-3-5-15)12-19-7-9-20(10-8-19)17(22)14-6-11-23-13-14/h1-6,11,13H,7-10,12H2,(H,18,21). The number of rotatable bonds is 4. The summed E-state index contributed by atoms with van der Waals surface area (Å²) in [5.74, 6) is -0.0575. The highest BCUT2D eigenvalue weighted by molar-refractivity contribution is 5.94. The van der Waals surface area contributed by atoms with E-state index in [-0.39, 0.29) is 11.8 Å². The van der Waals surface area contributed by atoms with E-state index in [0.717, 1.165) is 5.69 Å². The Morgan fingerprint density at radius 3 is 2.43 bits per heavy atom. The summed E-state index contributed by atoms with van der Waals surface area (Å²) in [7, 11) is 0. The number of amides is 2. The van der Waals surface area contributed by atoms with Crippen LogP contribution in [0.4, 0.5) is 5.69 Å². The molecule has 1 N–H and O–H groups in total. The Balaban J connectivity index is 1.46. The van der Waals surface area contributed by atoms with Gasteiger partial charge in [-0.25, -0.2) is 0 Å². The first-order valence-corrected chi connectivity index (χ1v) is 7.61. The zero-order valence-corrected chi connectivity index (χ0v) is 12.8. The van der Waals surface area contributed by atoms with Gasteiger partial charge in [-0.2, -0.15) is 0 Å². The maximum Gasteiger partial charge on any atom is 0.257 e. The fraction of sp³-hybridized carbons (Fsp3) is 0.294. The topological polar surface area (TPSA) is 65.8 Å². The Hall–Kier alpha value is -2.60. The predicted octanol–water partition coefficient (Wildman–Crippen LogP) is 1.68. The molecular formula is C17H19N3O3. The van der Waals surface area contributed by atoms with Gasteiger partial charge in [0.25, 0.3) is 5.91 Å². The molecule has 23 heavy (non-hydrogen) atoms. The van der Waals surface area contributed by atoms with Crippen molar-refractivity contribution in [3.05, 3.63) is 54.5 Å². The van der Waals surface area contributed by atoms with Crippen LogP contribution in [-0.2, 0) is 4.79 Å². The number of nitrogens with zero attached hydrogens (tertiary/aromatic N) is 2. The zero-order valence-electron chi connectivity index (χ0n) is 12.8. The second-order valence-electron chi connectivity index (χ2n) is 5.49. The van der Waals surface area contributed by atoms with Crippen molar-refractivity contribution in [1.82, 2.24) is 9.80 Å². The molecule has 0 bridgehead atoms. The molecule has 1 fully saturated rings. The van der Waals surface area contributed by atoms with Gasteiger partial charge in [0.05, 0.1) is 18.4 Å². The van der Waals surface area contributed by atoms with Gasteiger partial charge >= 0.3 is 0 Å². The smallest absolute Gasteiger partial charge is 0.257 e. The van der Waals surface area contributed by atoms with E-state index in [1.807, 2.05) is 30.3 Å². The van der Waals surface area contributed by atoms with E-state index in [4.69, 9.17) is 4.42 Å². The molecule has 6 heteroatoms. The first-order valence-electron chi connectivity index (χ1n) is 7.61. The second-order valence-corrected chi connectivity index (χ2v) is 5.49. The number of carbonyl (C=O) groups excluding carboxylic acids is 2. The Kier molecular flexibility index (Phi) is 4.73. The lowest BCUT2D eigenvalue weighted by Gasteiger charge is -2.34. The lowest BCUT2D eigenvalue weighted by atomic mass is 10.2. The fourth-order valence-corrected chi connectivity index (χ4v) is 2.60. The van der Waals surface area contributed by atoms with Gasteiger partial charge in [0.15, 0.2) is 0 Å². The molecule has 0 aliphatic carbocycles. The van der Waals surface area contributed by atoms with Crippen molar-refractivity contribution in [1.29, 1.82) is 0 Å². The molecule has 1 aromatic heterocycles. The molecule has 6 nitrogen and oxygen atoms in total. The average Bonchev–Trinajstić information content (AvgIpc) is 3.10. The van der Waals surface area contributed by atoms with Gasteiger partial charge in [-0.05, 0) is 18.2 Å². The van der Waals surface area contributed by atoms with Crippen molar-refractivity contribution < 1.29 is 14.0 Å². The molecule has 0 radical (unpaired) electrons. The summed E-state index contributed by atoms with van der Waals surface area (Å²) in [4.78, 5) is 28.1. The minimum atomic E-state index is -0.0363. The predicted molar refractivity (Wildman–Crippen MR) is 86.1 cm³/mol. The Labute approximate surface area is 134 Å². The van der Waals surface area contributed by atoms with Gasteiger partial charge in [-0.15, -0.1) is 0 Å². The van der Waals surface area contributed by atoms with Gasteiger partial charge in [-0.1, -0.05) is 18.2 Å². The van der Waals surface area contributed by atoms with Crippen LogP contribution >= 0.6 is 0 Å². The molecule has 1 aromatic carbocycles. The molecule has 1 aliphatic heterocycles. The fourth-order valence-electron chi connectivity index (χ4n) is 2.60. The van der Waals surface area contributed by atoms with Crippen LogP contribution in [0.15, 0.2) is 53.3 Å². The number of hydrogen-bond acceptors (Lipinski definition) is 4. The SMILES string of the molecule is O=C(CN1CCN(C(=O)c2ccoc2)CC1)Nc1ccccc1. The number of carbonyl (C=O) groups is 2. The summed E-state index contributed by atoms with van der Waals surface area (Å²) in [5.41, 5.74) is 1.37. The molecule has 0 unspecified atom stereocenters. The van der Waals surface area contributed by atoms with Crippen LogP contribution in [0.3, 0.4) is 0 Å². The molecule has 3 rings (SSSR count). The number of nitrogens with one attached hydrogen (secondary N) is 1. The van der Waals surface area contributed by atoms with E-state index in [0.29, 0.717) is 38.3 Å². The molecule has 0 saturated carbocycles. The summed E-state index contributed by atoms with van der Waals surface area (Å²) < 4.78 is 4.95. The minimum Gasteiger partial charge on any atom is -0.472 e. The van der Waals surface area contributed by atoms with Gasteiger partial charge in [0.1, 0.15) is 6.26 Å². The number of para-hydroxylation sites is 1. The monoisotopic (exact) mass is 313 g/mol. The molecular weight excluding hydrogens is 294 g/mol. The van der Waals surface area contributed by atoms with Crippen molar-refractivity contribution in [2.24, 2.45) is 0 Å². The normalized spacial score (nSPS) is 15.4. The molecule has 2 aromatic rings. The largest absolute Gasteiger partial charge is 0.472 e. The molecule has 1 aliphatic rings. The van der Waals surface area contributed by atoms with E-state index >= 15 is 0 Å². The van der Waals surface area contributed by atoms with Crippen molar-refractivity contribution in [2.45, 2.75) is 0 Å². The Bertz CT molecular complexity index is 647. The van der Waals surface area contributed by atoms with E-state index in [1.54, 1.807) is 11.0 Å². The molecule has 0 spiro atoms. The quantitative estimate of drug-likeness (QED) is 0.932. The second kappa shape index (κ2) is 7.11. The zero-order chi connectivity index (χ0) is 16.1. The van der Waals surface area contributed by atoms with E-state index in [1.165, 1.54) is 12.5 Å². The molecule has 0 atom stereocenters. The van der Waals surface area contributed by atoms with Crippen molar-refractivity contribution in [3.8, 4) is 0 Å². The van der Waals surface area contributed by atoms with Crippen LogP contribution < -0.4 is 5.32 Å². The number of benzene rings is 1. The van der Waals surface area contributed by atoms with Gasteiger partial charge in [-0.3, -0.25) is 14.5 Å². The molecule has 1 saturated heterocycles. The summed E-state index contributed by atoms with van der Waals surface area (Å²) >= 11 is 0. The van der Waals surface area contributed by atoms with E-state index in [9.17, 15) is 9.59 Å². The lowest BCUT2D eigenvalue weighted by molar-refractivity contribution is -0.117. The third-order valence-corrected chi connectivity index (χ3v) is 3.85.